The van der Waals surface area contributed by atoms with Crippen LogP contribution >= 0.6 is 11.6 Å². The molecule has 2 rings (SSSR count). The topological polar surface area (TPSA) is 43.8 Å². The van der Waals surface area contributed by atoms with Crippen molar-refractivity contribution in [3.63, 3.8) is 0 Å². The number of halogens is 1. The fourth-order valence-corrected chi connectivity index (χ4v) is 2.57. The van der Waals surface area contributed by atoms with Gasteiger partial charge in [0, 0.05) is 44.3 Å². The molecule has 1 fully saturated rings. The summed E-state index contributed by atoms with van der Waals surface area (Å²) in [5.74, 6) is -1.01. The van der Waals surface area contributed by atoms with E-state index in [2.05, 4.69) is 21.9 Å². The molecule has 0 amide bonds. The van der Waals surface area contributed by atoms with E-state index >= 15 is 0 Å². The number of nitrogens with zero attached hydrogens (tertiary/aromatic N) is 2. The van der Waals surface area contributed by atoms with Gasteiger partial charge < -0.3 is 5.11 Å². The van der Waals surface area contributed by atoms with E-state index in [9.17, 15) is 4.79 Å². The van der Waals surface area contributed by atoms with Gasteiger partial charge in [-0.15, -0.1) is 0 Å². The number of benzene rings is 1. The van der Waals surface area contributed by atoms with Crippen LogP contribution in [-0.2, 0) is 11.3 Å². The number of hydrogen-bond acceptors (Lipinski definition) is 3. The van der Waals surface area contributed by atoms with Gasteiger partial charge in [0.1, 0.15) is 0 Å². The van der Waals surface area contributed by atoms with E-state index in [1.807, 2.05) is 12.1 Å². The smallest absolute Gasteiger partial charge is 0.307 e. The number of carbonyl (C=O) groups is 1. The lowest BCUT2D eigenvalue weighted by atomic mass is 10.1. The third-order valence-corrected chi connectivity index (χ3v) is 3.99. The van der Waals surface area contributed by atoms with Crippen molar-refractivity contribution >= 4 is 17.6 Å². The zero-order valence-electron chi connectivity index (χ0n) is 11.8. The fourth-order valence-electron chi connectivity index (χ4n) is 2.44. The molecule has 1 heterocycles. The van der Waals surface area contributed by atoms with E-state index in [1.165, 1.54) is 5.56 Å². The highest BCUT2D eigenvalue weighted by atomic mass is 35.5. The van der Waals surface area contributed by atoms with Crippen LogP contribution < -0.4 is 0 Å². The highest BCUT2D eigenvalue weighted by Gasteiger charge is 2.21. The van der Waals surface area contributed by atoms with Crippen molar-refractivity contribution in [1.82, 2.24) is 9.80 Å². The van der Waals surface area contributed by atoms with Gasteiger partial charge in [-0.05, 0) is 17.7 Å². The van der Waals surface area contributed by atoms with Crippen molar-refractivity contribution in [3.05, 3.63) is 34.9 Å². The molecule has 0 aromatic heterocycles. The van der Waals surface area contributed by atoms with Crippen LogP contribution in [0.15, 0.2) is 24.3 Å². The summed E-state index contributed by atoms with van der Waals surface area (Å²) >= 11 is 5.88. The van der Waals surface area contributed by atoms with Gasteiger partial charge >= 0.3 is 5.97 Å². The third kappa shape index (κ3) is 4.47. The summed E-state index contributed by atoms with van der Waals surface area (Å²) in [4.78, 5) is 15.5. The molecule has 4 nitrogen and oxygen atoms in total. The Morgan fingerprint density at radius 2 is 1.75 bits per heavy atom. The van der Waals surface area contributed by atoms with Gasteiger partial charge in [0.2, 0.25) is 0 Å². The van der Waals surface area contributed by atoms with Crippen molar-refractivity contribution in [1.29, 1.82) is 0 Å². The lowest BCUT2D eigenvalue weighted by molar-refractivity contribution is -0.141. The number of piperazine rings is 1. The Morgan fingerprint density at radius 1 is 1.20 bits per heavy atom. The minimum atomic E-state index is -0.714. The fraction of sp³-hybridized carbons (Fsp3) is 0.533. The average molecular weight is 297 g/mol. The minimum absolute atomic E-state index is 0.294. The molecule has 1 aliphatic rings. The molecule has 1 aromatic rings. The van der Waals surface area contributed by atoms with Crippen molar-refractivity contribution in [2.24, 2.45) is 5.92 Å². The van der Waals surface area contributed by atoms with Gasteiger partial charge in [-0.2, -0.15) is 0 Å². The number of carboxylic acids is 1. The minimum Gasteiger partial charge on any atom is -0.481 e. The molecule has 20 heavy (non-hydrogen) atoms. The molecule has 1 atom stereocenters. The Hall–Kier alpha value is -1.10. The molecule has 1 saturated heterocycles. The SMILES string of the molecule is CC(CN1CCN(Cc2ccc(Cl)cc2)CC1)C(=O)O. The first-order chi connectivity index (χ1) is 9.54. The van der Waals surface area contributed by atoms with Crippen LogP contribution in [0.25, 0.3) is 0 Å². The number of carboxylic acid groups (broad SMARTS) is 1. The largest absolute Gasteiger partial charge is 0.481 e. The van der Waals surface area contributed by atoms with Crippen LogP contribution in [0, 0.1) is 5.92 Å². The molecule has 5 heteroatoms. The molecule has 110 valence electrons. The maximum atomic E-state index is 10.9. The zero-order valence-corrected chi connectivity index (χ0v) is 12.5. The normalized spacial score (nSPS) is 18.9. The Labute approximate surface area is 124 Å². The zero-order chi connectivity index (χ0) is 14.5. The van der Waals surface area contributed by atoms with Crippen LogP contribution in [0.3, 0.4) is 0 Å². The van der Waals surface area contributed by atoms with Crippen molar-refractivity contribution in [2.75, 3.05) is 32.7 Å². The first-order valence-corrected chi connectivity index (χ1v) is 7.34. The van der Waals surface area contributed by atoms with Gasteiger partial charge in [0.25, 0.3) is 0 Å². The standard InChI is InChI=1S/C15H21ClN2O2/c1-12(15(19)20)10-17-6-8-18(9-7-17)11-13-2-4-14(16)5-3-13/h2-5,12H,6-11H2,1H3,(H,19,20). The molecule has 0 bridgehead atoms. The second kappa shape index (κ2) is 7.07. The maximum absolute atomic E-state index is 10.9. The van der Waals surface area contributed by atoms with Crippen LogP contribution in [-0.4, -0.2) is 53.6 Å². The summed E-state index contributed by atoms with van der Waals surface area (Å²) in [6.07, 6.45) is 0. The third-order valence-electron chi connectivity index (χ3n) is 3.74. The van der Waals surface area contributed by atoms with Crippen LogP contribution in [0.4, 0.5) is 0 Å². The average Bonchev–Trinajstić information content (AvgIpc) is 2.43. The summed E-state index contributed by atoms with van der Waals surface area (Å²) < 4.78 is 0. The van der Waals surface area contributed by atoms with Crippen LogP contribution in [0.2, 0.25) is 5.02 Å². The monoisotopic (exact) mass is 296 g/mol. The second-order valence-electron chi connectivity index (χ2n) is 5.44. The second-order valence-corrected chi connectivity index (χ2v) is 5.88. The van der Waals surface area contributed by atoms with Crippen LogP contribution in [0.1, 0.15) is 12.5 Å². The molecule has 0 radical (unpaired) electrons. The lowest BCUT2D eigenvalue weighted by Crippen LogP contribution is -2.47. The Morgan fingerprint density at radius 3 is 2.30 bits per heavy atom. The first kappa shape index (κ1) is 15.3. The number of rotatable bonds is 5. The molecular weight excluding hydrogens is 276 g/mol. The molecule has 0 saturated carbocycles. The van der Waals surface area contributed by atoms with E-state index in [0.717, 1.165) is 37.7 Å². The number of hydrogen-bond donors (Lipinski definition) is 1. The maximum Gasteiger partial charge on any atom is 0.307 e. The van der Waals surface area contributed by atoms with Gasteiger partial charge in [-0.25, -0.2) is 0 Å². The lowest BCUT2D eigenvalue weighted by Gasteiger charge is -2.35. The summed E-state index contributed by atoms with van der Waals surface area (Å²) in [6, 6.07) is 7.95. The Kier molecular flexibility index (Phi) is 5.40. The molecular formula is C15H21ClN2O2. The summed E-state index contributed by atoms with van der Waals surface area (Å²) in [6.45, 7) is 7.17. The van der Waals surface area contributed by atoms with E-state index in [4.69, 9.17) is 16.7 Å². The van der Waals surface area contributed by atoms with E-state index in [1.54, 1.807) is 6.92 Å². The first-order valence-electron chi connectivity index (χ1n) is 6.96. The highest BCUT2D eigenvalue weighted by molar-refractivity contribution is 6.30. The molecule has 1 unspecified atom stereocenters. The van der Waals surface area contributed by atoms with Crippen molar-refractivity contribution in [3.8, 4) is 0 Å². The highest BCUT2D eigenvalue weighted by Crippen LogP contribution is 2.13. The van der Waals surface area contributed by atoms with Gasteiger partial charge in [-0.3, -0.25) is 14.6 Å². The quantitative estimate of drug-likeness (QED) is 0.904. The predicted molar refractivity (Wildman–Crippen MR) is 80.0 cm³/mol. The number of aliphatic carboxylic acids is 1. The molecule has 1 N–H and O–H groups in total. The van der Waals surface area contributed by atoms with Crippen molar-refractivity contribution < 1.29 is 9.90 Å². The molecule has 0 spiro atoms. The summed E-state index contributed by atoms with van der Waals surface area (Å²) in [5, 5.41) is 9.70. The van der Waals surface area contributed by atoms with E-state index in [-0.39, 0.29) is 5.92 Å². The van der Waals surface area contributed by atoms with E-state index < -0.39 is 5.97 Å². The Balaban J connectivity index is 1.76. The van der Waals surface area contributed by atoms with E-state index in [0.29, 0.717) is 6.54 Å². The van der Waals surface area contributed by atoms with Crippen molar-refractivity contribution in [2.45, 2.75) is 13.5 Å². The predicted octanol–water partition coefficient (Wildman–Crippen LogP) is 2.18. The van der Waals surface area contributed by atoms with Gasteiger partial charge in [0.05, 0.1) is 5.92 Å². The van der Waals surface area contributed by atoms with Gasteiger partial charge in [0.15, 0.2) is 0 Å². The summed E-state index contributed by atoms with van der Waals surface area (Å²) in [7, 11) is 0. The Bertz CT molecular complexity index is 442. The molecule has 1 aliphatic heterocycles. The summed E-state index contributed by atoms with van der Waals surface area (Å²) in [5.41, 5.74) is 1.27. The van der Waals surface area contributed by atoms with Gasteiger partial charge in [-0.1, -0.05) is 30.7 Å². The van der Waals surface area contributed by atoms with Crippen LogP contribution in [0.5, 0.6) is 0 Å². The molecule has 1 aromatic carbocycles. The molecule has 0 aliphatic carbocycles.